The molecule has 0 unspecified atom stereocenters. The Balaban J connectivity index is 0.000000810. The van der Waals surface area contributed by atoms with Crippen molar-refractivity contribution in [3.63, 3.8) is 0 Å². The van der Waals surface area contributed by atoms with Gasteiger partial charge in [0.1, 0.15) is 0 Å². The van der Waals surface area contributed by atoms with Crippen LogP contribution in [0.25, 0.3) is 0 Å². The molecular weight excluding hydrogens is 182 g/mol. The van der Waals surface area contributed by atoms with E-state index in [1.54, 1.807) is 6.07 Å². The average molecular weight is 186 g/mol. The first kappa shape index (κ1) is 9.14. The Morgan fingerprint density at radius 2 is 2.30 bits per heavy atom. The van der Waals surface area contributed by atoms with E-state index in [1.807, 2.05) is 0 Å². The maximum absolute atomic E-state index is 10.0. The third kappa shape index (κ3) is 2.17. The Labute approximate surface area is 68.6 Å². The normalized spacial score (nSPS) is 8.00. The van der Waals surface area contributed by atoms with Crippen molar-refractivity contribution in [3.8, 4) is 0 Å². The van der Waals surface area contributed by atoms with Gasteiger partial charge in [-0.15, -0.1) is 0 Å². The van der Waals surface area contributed by atoms with Crippen LogP contribution < -0.4 is 5.11 Å². The van der Waals surface area contributed by atoms with Gasteiger partial charge in [-0.3, -0.25) is 4.98 Å². The molecule has 0 amide bonds. The number of rotatable bonds is 1. The van der Waals surface area contributed by atoms with Crippen molar-refractivity contribution in [2.75, 3.05) is 0 Å². The monoisotopic (exact) mass is 185 g/mol. The first-order valence-electron chi connectivity index (χ1n) is 2.42. The van der Waals surface area contributed by atoms with Crippen LogP contribution in [0.5, 0.6) is 0 Å². The van der Waals surface area contributed by atoms with E-state index in [4.69, 9.17) is 0 Å². The molecule has 4 heteroatoms. The fourth-order valence-electron chi connectivity index (χ4n) is 0.484. The maximum atomic E-state index is 10.0. The first-order valence-corrected chi connectivity index (χ1v) is 2.42. The third-order valence-corrected chi connectivity index (χ3v) is 0.897. The van der Waals surface area contributed by atoms with Gasteiger partial charge in [0.05, 0.1) is 5.97 Å². The summed E-state index contributed by atoms with van der Waals surface area (Å²) in [6, 6.07) is 2.98. The van der Waals surface area contributed by atoms with Crippen molar-refractivity contribution >= 4 is 5.97 Å². The predicted octanol–water partition coefficient (Wildman–Crippen LogP) is -0.557. The van der Waals surface area contributed by atoms with Crippen LogP contribution >= 0.6 is 0 Å². The number of nitrogens with zero attached hydrogens (tertiary/aromatic N) is 1. The van der Waals surface area contributed by atoms with Gasteiger partial charge in [0.15, 0.2) is 0 Å². The Morgan fingerprint density at radius 1 is 1.60 bits per heavy atom. The Morgan fingerprint density at radius 3 is 2.60 bits per heavy atom. The summed E-state index contributed by atoms with van der Waals surface area (Å²) in [5.41, 5.74) is 0.109. The van der Waals surface area contributed by atoms with E-state index >= 15 is 0 Å². The number of carboxylic acid groups (broad SMARTS) is 1. The fourth-order valence-corrected chi connectivity index (χ4v) is 0.484. The molecule has 0 aliphatic rings. The summed E-state index contributed by atoms with van der Waals surface area (Å²) in [6.07, 6.45) is 2.75. The topological polar surface area (TPSA) is 53.0 Å². The van der Waals surface area contributed by atoms with Crippen molar-refractivity contribution in [3.05, 3.63) is 30.1 Å². The predicted molar refractivity (Wildman–Crippen MR) is 28.6 cm³/mol. The summed E-state index contributed by atoms with van der Waals surface area (Å²) in [4.78, 5) is 13.6. The van der Waals surface area contributed by atoms with Gasteiger partial charge < -0.3 is 9.90 Å². The summed E-state index contributed by atoms with van der Waals surface area (Å²) < 4.78 is 0. The summed E-state index contributed by atoms with van der Waals surface area (Å²) in [5.74, 6) is -1.19. The zero-order chi connectivity index (χ0) is 6.69. The molecule has 0 bridgehead atoms. The zero-order valence-corrected chi connectivity index (χ0v) is 5.82. The van der Waals surface area contributed by atoms with E-state index in [0.29, 0.717) is 0 Å². The van der Waals surface area contributed by atoms with E-state index < -0.39 is 5.97 Å². The summed E-state index contributed by atoms with van der Waals surface area (Å²) in [5, 5.41) is 10.0. The van der Waals surface area contributed by atoms with Crippen LogP contribution in [0.4, 0.5) is 0 Å². The van der Waals surface area contributed by atoms with Crippen LogP contribution in [0.3, 0.4) is 0 Å². The number of pyridine rings is 1. The SMILES string of the molecule is O=C([O-])c1cccnc1.[Cu+]. The van der Waals surface area contributed by atoms with Crippen molar-refractivity contribution in [1.82, 2.24) is 4.98 Å². The van der Waals surface area contributed by atoms with E-state index in [2.05, 4.69) is 4.98 Å². The van der Waals surface area contributed by atoms with Gasteiger partial charge in [-0.2, -0.15) is 0 Å². The van der Waals surface area contributed by atoms with Crippen LogP contribution in [-0.4, -0.2) is 11.0 Å². The number of carbonyl (C=O) groups excluding carboxylic acids is 1. The number of carbonyl (C=O) groups is 1. The van der Waals surface area contributed by atoms with Crippen LogP contribution in [0.15, 0.2) is 24.5 Å². The van der Waals surface area contributed by atoms with Gasteiger partial charge in [-0.25, -0.2) is 0 Å². The quantitative estimate of drug-likeness (QED) is 0.552. The summed E-state index contributed by atoms with van der Waals surface area (Å²) in [6.45, 7) is 0. The van der Waals surface area contributed by atoms with Gasteiger partial charge in [-0.05, 0) is 6.07 Å². The van der Waals surface area contributed by atoms with E-state index in [-0.39, 0.29) is 22.6 Å². The molecule has 0 aromatic carbocycles. The molecule has 0 atom stereocenters. The van der Waals surface area contributed by atoms with Gasteiger partial charge in [0, 0.05) is 18.0 Å². The molecule has 0 saturated heterocycles. The molecule has 0 aliphatic heterocycles. The molecule has 1 aromatic rings. The zero-order valence-electron chi connectivity index (χ0n) is 4.87. The molecule has 10 heavy (non-hydrogen) atoms. The van der Waals surface area contributed by atoms with Crippen molar-refractivity contribution < 1.29 is 27.0 Å². The molecule has 1 aromatic heterocycles. The third-order valence-electron chi connectivity index (χ3n) is 0.897. The van der Waals surface area contributed by atoms with Gasteiger partial charge >= 0.3 is 17.1 Å². The van der Waals surface area contributed by atoms with Crippen LogP contribution in [-0.2, 0) is 17.1 Å². The van der Waals surface area contributed by atoms with Crippen molar-refractivity contribution in [1.29, 1.82) is 0 Å². The minimum atomic E-state index is -1.19. The number of carboxylic acids is 1. The fraction of sp³-hybridized carbons (Fsp3) is 0. The van der Waals surface area contributed by atoms with Crippen LogP contribution in [0, 0.1) is 0 Å². The average Bonchev–Trinajstić information content (AvgIpc) is 1.90. The van der Waals surface area contributed by atoms with E-state index in [1.165, 1.54) is 18.5 Å². The smallest absolute Gasteiger partial charge is 0.545 e. The van der Waals surface area contributed by atoms with Crippen LogP contribution in [0.1, 0.15) is 10.4 Å². The van der Waals surface area contributed by atoms with Crippen molar-refractivity contribution in [2.24, 2.45) is 0 Å². The minimum Gasteiger partial charge on any atom is -0.545 e. The molecule has 1 rings (SSSR count). The molecular formula is C6H4CuNO2. The Hall–Kier alpha value is -0.861. The Bertz CT molecular complexity index is 212. The largest absolute Gasteiger partial charge is 1.00 e. The Kier molecular flexibility index (Phi) is 3.69. The second kappa shape index (κ2) is 4.04. The molecule has 0 fully saturated rings. The second-order valence-corrected chi connectivity index (χ2v) is 1.53. The first-order chi connectivity index (χ1) is 4.30. The number of aromatic carboxylic acids is 1. The van der Waals surface area contributed by atoms with E-state index in [9.17, 15) is 9.90 Å². The summed E-state index contributed by atoms with van der Waals surface area (Å²) in [7, 11) is 0. The number of hydrogen-bond donors (Lipinski definition) is 0. The number of hydrogen-bond acceptors (Lipinski definition) is 3. The molecule has 0 N–H and O–H groups in total. The molecule has 0 spiro atoms. The molecule has 0 radical (unpaired) electrons. The van der Waals surface area contributed by atoms with Gasteiger partial charge in [-0.1, -0.05) is 6.07 Å². The molecule has 3 nitrogen and oxygen atoms in total. The molecule has 0 aliphatic carbocycles. The number of aromatic nitrogens is 1. The van der Waals surface area contributed by atoms with Gasteiger partial charge in [0.25, 0.3) is 0 Å². The second-order valence-electron chi connectivity index (χ2n) is 1.53. The van der Waals surface area contributed by atoms with Crippen molar-refractivity contribution in [2.45, 2.75) is 0 Å². The molecule has 0 saturated carbocycles. The van der Waals surface area contributed by atoms with Gasteiger partial charge in [0.2, 0.25) is 0 Å². The molecule has 1 heterocycles. The van der Waals surface area contributed by atoms with E-state index in [0.717, 1.165) is 0 Å². The molecule has 56 valence electrons. The maximum Gasteiger partial charge on any atom is 1.00 e. The minimum absolute atomic E-state index is 0. The summed E-state index contributed by atoms with van der Waals surface area (Å²) >= 11 is 0. The van der Waals surface area contributed by atoms with Crippen LogP contribution in [0.2, 0.25) is 0 Å². The standard InChI is InChI=1S/C6H5NO2.Cu/c8-6(9)5-2-1-3-7-4-5;/h1-4H,(H,8,9);/q;+1/p-1.